The molecule has 0 bridgehead atoms. The molecule has 280 valence electrons. The Balaban J connectivity index is 1.91. The van der Waals surface area contributed by atoms with E-state index in [9.17, 15) is 18.8 Å². The van der Waals surface area contributed by atoms with Crippen LogP contribution in [0.25, 0.3) is 11.1 Å². The first-order chi connectivity index (χ1) is 24.4. The maximum Gasteiger partial charge on any atom is 0.412 e. The molecule has 0 aliphatic heterocycles. The highest BCUT2D eigenvalue weighted by Crippen LogP contribution is 2.36. The number of anilines is 1. The van der Waals surface area contributed by atoms with Gasteiger partial charge in [0.2, 0.25) is 17.8 Å². The molecule has 0 saturated heterocycles. The van der Waals surface area contributed by atoms with Crippen LogP contribution in [0.4, 0.5) is 19.7 Å². The van der Waals surface area contributed by atoms with Crippen LogP contribution < -0.4 is 10.1 Å². The highest BCUT2D eigenvalue weighted by molar-refractivity contribution is 6.04. The third-order valence-corrected chi connectivity index (χ3v) is 7.56. The Labute approximate surface area is 306 Å². The SMILES string of the molecule is CC/C(=C(/c1ccc(OCCN(CCCC(=O)N(C)C)C(=O)OC(C)(C)C)nc1)c1ccc(NC(=O)OC(C)(C)C)c(C(=N)F)c1)c1ccccc1. The molecule has 3 aromatic rings. The van der Waals surface area contributed by atoms with Crippen LogP contribution in [0.3, 0.4) is 0 Å². The highest BCUT2D eigenvalue weighted by Gasteiger charge is 2.23. The van der Waals surface area contributed by atoms with Gasteiger partial charge in [-0.05, 0) is 94.9 Å². The average molecular weight is 718 g/mol. The summed E-state index contributed by atoms with van der Waals surface area (Å²) in [6.07, 6.45) is 1.80. The van der Waals surface area contributed by atoms with Gasteiger partial charge in [0.1, 0.15) is 17.8 Å². The third kappa shape index (κ3) is 12.8. The molecule has 2 aromatic carbocycles. The van der Waals surface area contributed by atoms with E-state index < -0.39 is 29.4 Å². The lowest BCUT2D eigenvalue weighted by Gasteiger charge is -2.27. The average Bonchev–Trinajstić information content (AvgIpc) is 3.05. The summed E-state index contributed by atoms with van der Waals surface area (Å²) in [4.78, 5) is 45.1. The summed E-state index contributed by atoms with van der Waals surface area (Å²) in [5.74, 6) is -0.906. The molecule has 0 saturated carbocycles. The van der Waals surface area contributed by atoms with Gasteiger partial charge >= 0.3 is 12.2 Å². The molecule has 0 atom stereocenters. The van der Waals surface area contributed by atoms with E-state index >= 15 is 0 Å². The lowest BCUT2D eigenvalue weighted by Crippen LogP contribution is -2.40. The number of carbonyl (C=O) groups excluding carboxylic acids is 3. The summed E-state index contributed by atoms with van der Waals surface area (Å²) in [5.41, 5.74) is 2.58. The van der Waals surface area contributed by atoms with E-state index in [0.717, 1.165) is 22.3 Å². The molecule has 12 heteroatoms. The minimum absolute atomic E-state index is 0.0239. The third-order valence-electron chi connectivity index (χ3n) is 7.56. The summed E-state index contributed by atoms with van der Waals surface area (Å²) in [6.45, 7) is 13.3. The number of amides is 3. The molecule has 0 unspecified atom stereocenters. The van der Waals surface area contributed by atoms with Gasteiger partial charge in [0.05, 0.1) is 17.8 Å². The quantitative estimate of drug-likeness (QED) is 0.126. The first-order valence-electron chi connectivity index (χ1n) is 17.3. The number of halogens is 1. The molecule has 1 heterocycles. The van der Waals surface area contributed by atoms with Crippen molar-refractivity contribution in [3.8, 4) is 5.88 Å². The maximum atomic E-state index is 14.7. The monoisotopic (exact) mass is 717 g/mol. The number of aromatic nitrogens is 1. The van der Waals surface area contributed by atoms with Crippen molar-refractivity contribution in [3.05, 3.63) is 89.1 Å². The molecular formula is C40H52FN5O6. The van der Waals surface area contributed by atoms with Gasteiger partial charge in [0.15, 0.2) is 0 Å². The normalized spacial score (nSPS) is 12.0. The van der Waals surface area contributed by atoms with Crippen LogP contribution in [0.1, 0.15) is 90.0 Å². The highest BCUT2D eigenvalue weighted by atomic mass is 19.1. The Kier molecular flexibility index (Phi) is 14.5. The zero-order chi connectivity index (χ0) is 38.6. The number of nitrogens with zero attached hydrogens (tertiary/aromatic N) is 3. The first kappa shape index (κ1) is 41.2. The number of pyridine rings is 1. The van der Waals surface area contributed by atoms with Crippen molar-refractivity contribution < 1.29 is 33.0 Å². The molecular weight excluding hydrogens is 665 g/mol. The summed E-state index contributed by atoms with van der Waals surface area (Å²) >= 11 is 0. The Bertz CT molecular complexity index is 1730. The van der Waals surface area contributed by atoms with Crippen molar-refractivity contribution in [2.45, 2.75) is 78.9 Å². The second-order valence-electron chi connectivity index (χ2n) is 14.4. The summed E-state index contributed by atoms with van der Waals surface area (Å²) in [5, 5.41) is 10.4. The molecule has 52 heavy (non-hydrogen) atoms. The van der Waals surface area contributed by atoms with Crippen molar-refractivity contribution in [1.82, 2.24) is 14.8 Å². The summed E-state index contributed by atoms with van der Waals surface area (Å²) in [6, 6.07) is 18.2. The molecule has 11 nitrogen and oxygen atoms in total. The molecule has 0 aliphatic rings. The standard InChI is InChI=1S/C40H52FN5O6/c1-10-30(27-15-12-11-13-16-27)35(28-18-20-32(31(25-28)36(41)42)44-37(48)51-39(2,3)4)29-19-21-33(43-26-29)50-24-23-46(38(49)52-40(5,6)7)22-14-17-34(47)45(8)9/h11-13,15-16,18-21,25-26,42H,10,14,17,22-24H2,1-9H3,(H,44,48)/b35-30-,42-36?. The zero-order valence-corrected chi connectivity index (χ0v) is 31.8. The van der Waals surface area contributed by atoms with Gasteiger partial charge in [-0.25, -0.2) is 14.6 Å². The van der Waals surface area contributed by atoms with Crippen molar-refractivity contribution >= 4 is 40.9 Å². The smallest absolute Gasteiger partial charge is 0.412 e. The lowest BCUT2D eigenvalue weighted by molar-refractivity contribution is -0.128. The molecule has 3 rings (SSSR count). The van der Waals surface area contributed by atoms with Crippen molar-refractivity contribution in [1.29, 1.82) is 5.41 Å². The Hall–Kier alpha value is -5.26. The van der Waals surface area contributed by atoms with Crippen LogP contribution in [0.5, 0.6) is 5.88 Å². The molecule has 0 spiro atoms. The molecule has 1 aromatic heterocycles. The van der Waals surface area contributed by atoms with E-state index in [0.29, 0.717) is 37.3 Å². The number of hydrogen-bond acceptors (Lipinski definition) is 8. The van der Waals surface area contributed by atoms with Crippen molar-refractivity contribution in [2.75, 3.05) is 39.1 Å². The first-order valence-corrected chi connectivity index (χ1v) is 17.3. The minimum atomic E-state index is -1.21. The number of nitrogens with one attached hydrogen (secondary N) is 2. The topological polar surface area (TPSA) is 134 Å². The Morgan fingerprint density at radius 2 is 1.52 bits per heavy atom. The number of carbonyl (C=O) groups is 3. The second-order valence-corrected chi connectivity index (χ2v) is 14.4. The molecule has 0 aliphatic carbocycles. The largest absolute Gasteiger partial charge is 0.476 e. The Morgan fingerprint density at radius 1 is 0.865 bits per heavy atom. The van der Waals surface area contributed by atoms with Gasteiger partial charge < -0.3 is 24.0 Å². The van der Waals surface area contributed by atoms with Crippen LogP contribution >= 0.6 is 0 Å². The van der Waals surface area contributed by atoms with Gasteiger partial charge in [0, 0.05) is 44.9 Å². The van der Waals surface area contributed by atoms with Gasteiger partial charge in [-0.1, -0.05) is 43.3 Å². The van der Waals surface area contributed by atoms with E-state index in [2.05, 4.69) is 10.3 Å². The molecule has 2 N–H and O–H groups in total. The van der Waals surface area contributed by atoms with Gasteiger partial charge in [-0.3, -0.25) is 15.5 Å². The predicted molar refractivity (Wildman–Crippen MR) is 202 cm³/mol. The Morgan fingerprint density at radius 3 is 2.08 bits per heavy atom. The number of ether oxygens (including phenoxy) is 3. The predicted octanol–water partition coefficient (Wildman–Crippen LogP) is 8.58. The number of benzene rings is 2. The maximum absolute atomic E-state index is 14.7. The minimum Gasteiger partial charge on any atom is -0.476 e. The zero-order valence-electron chi connectivity index (χ0n) is 31.8. The fourth-order valence-corrected chi connectivity index (χ4v) is 5.22. The lowest BCUT2D eigenvalue weighted by atomic mass is 9.88. The van der Waals surface area contributed by atoms with E-state index in [1.54, 1.807) is 80.0 Å². The van der Waals surface area contributed by atoms with Gasteiger partial charge in [-0.2, -0.15) is 4.39 Å². The van der Waals surface area contributed by atoms with Crippen LogP contribution in [0.2, 0.25) is 0 Å². The van der Waals surface area contributed by atoms with Crippen molar-refractivity contribution in [2.24, 2.45) is 0 Å². The molecule has 3 amide bonds. The fourth-order valence-electron chi connectivity index (χ4n) is 5.22. The van der Waals surface area contributed by atoms with E-state index in [1.165, 1.54) is 15.9 Å². The van der Waals surface area contributed by atoms with E-state index in [-0.39, 0.29) is 30.3 Å². The summed E-state index contributed by atoms with van der Waals surface area (Å²) < 4.78 is 31.6. The van der Waals surface area contributed by atoms with Gasteiger partial charge in [-0.15, -0.1) is 0 Å². The van der Waals surface area contributed by atoms with E-state index in [4.69, 9.17) is 19.6 Å². The summed E-state index contributed by atoms with van der Waals surface area (Å²) in [7, 11) is 3.39. The van der Waals surface area contributed by atoms with Crippen LogP contribution in [0.15, 0.2) is 66.9 Å². The van der Waals surface area contributed by atoms with E-state index in [1.807, 2.05) is 43.3 Å². The fraction of sp³-hybridized carbons (Fsp3) is 0.425. The molecule has 0 fully saturated rings. The number of rotatable bonds is 14. The van der Waals surface area contributed by atoms with Crippen LogP contribution in [0, 0.1) is 5.41 Å². The van der Waals surface area contributed by atoms with Crippen LogP contribution in [-0.4, -0.2) is 83.8 Å². The van der Waals surface area contributed by atoms with Crippen molar-refractivity contribution in [3.63, 3.8) is 0 Å². The second kappa shape index (κ2) is 18.3. The van der Waals surface area contributed by atoms with Gasteiger partial charge in [0.25, 0.3) is 0 Å². The molecule has 0 radical (unpaired) electrons. The number of hydrogen-bond donors (Lipinski definition) is 2. The van der Waals surface area contributed by atoms with Crippen LogP contribution in [-0.2, 0) is 14.3 Å². The number of allylic oxidation sites excluding steroid dienone is 1.